The molecule has 0 spiro atoms. The van der Waals surface area contributed by atoms with Crippen molar-refractivity contribution in [2.75, 3.05) is 0 Å². The molecule has 6 heteroatoms. The van der Waals surface area contributed by atoms with Crippen molar-refractivity contribution < 1.29 is 18.3 Å². The molecule has 1 heterocycles. The van der Waals surface area contributed by atoms with Gasteiger partial charge >= 0.3 is 6.61 Å². The van der Waals surface area contributed by atoms with Gasteiger partial charge < -0.3 is 10.1 Å². The molecule has 0 unspecified atom stereocenters. The van der Waals surface area contributed by atoms with Gasteiger partial charge in [-0.25, -0.2) is 0 Å². The number of thiophene rings is 1. The molecule has 0 fully saturated rings. The topological polar surface area (TPSA) is 38.3 Å². The number of amides is 1. The van der Waals surface area contributed by atoms with Gasteiger partial charge in [-0.05, 0) is 36.1 Å². The van der Waals surface area contributed by atoms with E-state index in [1.807, 2.05) is 12.3 Å². The SMILES string of the molecule is C[C@@H](NC(=O)c1ccsc1)c1ccc(OC(F)F)cc1. The molecule has 1 aromatic carbocycles. The maximum Gasteiger partial charge on any atom is 0.387 e. The van der Waals surface area contributed by atoms with E-state index >= 15 is 0 Å². The summed E-state index contributed by atoms with van der Waals surface area (Å²) in [5.41, 5.74) is 1.43. The fourth-order valence-electron chi connectivity index (χ4n) is 1.69. The zero-order valence-corrected chi connectivity index (χ0v) is 11.5. The Labute approximate surface area is 119 Å². The number of rotatable bonds is 5. The summed E-state index contributed by atoms with van der Waals surface area (Å²) in [6.45, 7) is -1.01. The Morgan fingerprint density at radius 3 is 2.50 bits per heavy atom. The highest BCUT2D eigenvalue weighted by atomic mass is 32.1. The molecule has 0 bridgehead atoms. The molecule has 1 N–H and O–H groups in total. The molecule has 2 aromatic rings. The van der Waals surface area contributed by atoms with Crippen molar-refractivity contribution in [2.45, 2.75) is 19.6 Å². The average Bonchev–Trinajstić information content (AvgIpc) is 2.92. The van der Waals surface area contributed by atoms with E-state index < -0.39 is 6.61 Å². The van der Waals surface area contributed by atoms with Crippen LogP contribution in [0, 0.1) is 0 Å². The van der Waals surface area contributed by atoms with Crippen LogP contribution in [-0.2, 0) is 0 Å². The number of hydrogen-bond donors (Lipinski definition) is 1. The van der Waals surface area contributed by atoms with Crippen molar-refractivity contribution in [1.82, 2.24) is 5.32 Å². The van der Waals surface area contributed by atoms with E-state index in [0.717, 1.165) is 5.56 Å². The maximum absolute atomic E-state index is 12.0. The van der Waals surface area contributed by atoms with Gasteiger partial charge in [-0.1, -0.05) is 12.1 Å². The van der Waals surface area contributed by atoms with E-state index in [2.05, 4.69) is 10.1 Å². The highest BCUT2D eigenvalue weighted by Crippen LogP contribution is 2.19. The van der Waals surface area contributed by atoms with Crippen LogP contribution in [0.3, 0.4) is 0 Å². The molecule has 20 heavy (non-hydrogen) atoms. The summed E-state index contributed by atoms with van der Waals surface area (Å²) in [6.07, 6.45) is 0. The van der Waals surface area contributed by atoms with Crippen LogP contribution < -0.4 is 10.1 Å². The molecule has 1 atom stereocenters. The van der Waals surface area contributed by atoms with Crippen molar-refractivity contribution >= 4 is 17.2 Å². The fourth-order valence-corrected chi connectivity index (χ4v) is 2.33. The van der Waals surface area contributed by atoms with Crippen molar-refractivity contribution in [3.05, 3.63) is 52.2 Å². The van der Waals surface area contributed by atoms with Crippen LogP contribution in [0.2, 0.25) is 0 Å². The molecule has 0 saturated heterocycles. The third-order valence-electron chi connectivity index (χ3n) is 2.74. The molecule has 0 aliphatic heterocycles. The number of carbonyl (C=O) groups excluding carboxylic acids is 1. The summed E-state index contributed by atoms with van der Waals surface area (Å²) < 4.78 is 28.3. The van der Waals surface area contributed by atoms with Crippen molar-refractivity contribution in [1.29, 1.82) is 0 Å². The van der Waals surface area contributed by atoms with Crippen molar-refractivity contribution in [3.63, 3.8) is 0 Å². The average molecular weight is 297 g/mol. The number of hydrogen-bond acceptors (Lipinski definition) is 3. The minimum absolute atomic E-state index is 0.0973. The Morgan fingerprint density at radius 2 is 1.95 bits per heavy atom. The Balaban J connectivity index is 1.98. The first kappa shape index (κ1) is 14.5. The first-order valence-electron chi connectivity index (χ1n) is 5.94. The smallest absolute Gasteiger partial charge is 0.387 e. The molecule has 0 radical (unpaired) electrons. The molecular formula is C14H13F2NO2S. The highest BCUT2D eigenvalue weighted by molar-refractivity contribution is 7.08. The molecule has 2 rings (SSSR count). The van der Waals surface area contributed by atoms with Crippen LogP contribution in [0.5, 0.6) is 5.75 Å². The number of ether oxygens (including phenoxy) is 1. The third kappa shape index (κ3) is 3.77. The summed E-state index contributed by atoms with van der Waals surface area (Å²) in [4.78, 5) is 11.9. The van der Waals surface area contributed by atoms with Gasteiger partial charge in [-0.3, -0.25) is 4.79 Å². The van der Waals surface area contributed by atoms with E-state index in [0.29, 0.717) is 5.56 Å². The van der Waals surface area contributed by atoms with E-state index in [9.17, 15) is 13.6 Å². The lowest BCUT2D eigenvalue weighted by molar-refractivity contribution is -0.0498. The minimum atomic E-state index is -2.84. The fraction of sp³-hybridized carbons (Fsp3) is 0.214. The van der Waals surface area contributed by atoms with Gasteiger partial charge in [-0.15, -0.1) is 0 Å². The Kier molecular flexibility index (Phi) is 4.68. The number of nitrogens with one attached hydrogen (secondary N) is 1. The van der Waals surface area contributed by atoms with Crippen LogP contribution in [0.4, 0.5) is 8.78 Å². The van der Waals surface area contributed by atoms with E-state index in [1.54, 1.807) is 23.6 Å². The number of halogens is 2. The standard InChI is InChI=1S/C14H13F2NO2S/c1-9(17-13(18)11-6-7-20-8-11)10-2-4-12(5-3-10)19-14(15)16/h2-9,14H,1H3,(H,17,18)/t9-/m1/s1. The first-order chi connectivity index (χ1) is 9.56. The van der Waals surface area contributed by atoms with Crippen LogP contribution >= 0.6 is 11.3 Å². The lowest BCUT2D eigenvalue weighted by atomic mass is 10.1. The van der Waals surface area contributed by atoms with Gasteiger partial charge in [0.2, 0.25) is 0 Å². The van der Waals surface area contributed by atoms with Crippen LogP contribution in [0.15, 0.2) is 41.1 Å². The van der Waals surface area contributed by atoms with Crippen LogP contribution in [0.25, 0.3) is 0 Å². The Morgan fingerprint density at radius 1 is 1.25 bits per heavy atom. The number of alkyl halides is 2. The van der Waals surface area contributed by atoms with Gasteiger partial charge in [0.1, 0.15) is 5.75 Å². The zero-order chi connectivity index (χ0) is 14.5. The second-order valence-corrected chi connectivity index (χ2v) is 4.93. The summed E-state index contributed by atoms with van der Waals surface area (Å²) in [7, 11) is 0. The zero-order valence-electron chi connectivity index (χ0n) is 10.7. The van der Waals surface area contributed by atoms with Gasteiger partial charge in [0.25, 0.3) is 5.91 Å². The maximum atomic E-state index is 12.0. The second-order valence-electron chi connectivity index (χ2n) is 4.15. The predicted octanol–water partition coefficient (Wildman–Crippen LogP) is 3.84. The molecule has 1 amide bonds. The van der Waals surface area contributed by atoms with Gasteiger partial charge in [-0.2, -0.15) is 20.1 Å². The minimum Gasteiger partial charge on any atom is -0.435 e. The molecule has 0 aliphatic carbocycles. The third-order valence-corrected chi connectivity index (χ3v) is 3.42. The lowest BCUT2D eigenvalue weighted by Crippen LogP contribution is -2.26. The second kappa shape index (κ2) is 6.47. The Bertz CT molecular complexity index is 555. The molecule has 0 saturated carbocycles. The van der Waals surface area contributed by atoms with Crippen LogP contribution in [0.1, 0.15) is 28.9 Å². The first-order valence-corrected chi connectivity index (χ1v) is 6.88. The van der Waals surface area contributed by atoms with Crippen molar-refractivity contribution in [2.24, 2.45) is 0 Å². The van der Waals surface area contributed by atoms with Gasteiger partial charge in [0.15, 0.2) is 0 Å². The molecule has 106 valence electrons. The summed E-state index contributed by atoms with van der Waals surface area (Å²) in [5, 5.41) is 6.43. The predicted molar refractivity (Wildman–Crippen MR) is 73.3 cm³/mol. The normalized spacial score (nSPS) is 12.2. The molecule has 3 nitrogen and oxygen atoms in total. The van der Waals surface area contributed by atoms with E-state index in [-0.39, 0.29) is 17.7 Å². The molecular weight excluding hydrogens is 284 g/mol. The molecule has 1 aromatic heterocycles. The van der Waals surface area contributed by atoms with Gasteiger partial charge in [0, 0.05) is 5.38 Å². The summed E-state index contributed by atoms with van der Waals surface area (Å²) >= 11 is 1.45. The quantitative estimate of drug-likeness (QED) is 0.910. The summed E-state index contributed by atoms with van der Waals surface area (Å²) in [6, 6.07) is 7.73. The van der Waals surface area contributed by atoms with E-state index in [1.165, 1.54) is 23.5 Å². The van der Waals surface area contributed by atoms with E-state index in [4.69, 9.17) is 0 Å². The number of carbonyl (C=O) groups is 1. The lowest BCUT2D eigenvalue weighted by Gasteiger charge is -2.14. The summed E-state index contributed by atoms with van der Waals surface area (Å²) in [5.74, 6) is -0.0632. The van der Waals surface area contributed by atoms with Crippen LogP contribution in [-0.4, -0.2) is 12.5 Å². The van der Waals surface area contributed by atoms with Crippen molar-refractivity contribution in [3.8, 4) is 5.75 Å². The Hall–Kier alpha value is -1.95. The molecule has 0 aliphatic rings. The highest BCUT2D eigenvalue weighted by Gasteiger charge is 2.12. The number of benzene rings is 1. The van der Waals surface area contributed by atoms with Gasteiger partial charge in [0.05, 0.1) is 11.6 Å². The monoisotopic (exact) mass is 297 g/mol. The largest absolute Gasteiger partial charge is 0.435 e.